The van der Waals surface area contributed by atoms with Crippen LogP contribution in [0.4, 0.5) is 5.95 Å². The second kappa shape index (κ2) is 10.1. The van der Waals surface area contributed by atoms with E-state index >= 15 is 0 Å². The maximum Gasteiger partial charge on any atom is 0.329 e. The number of nitrogens with one attached hydrogen (secondary N) is 1. The summed E-state index contributed by atoms with van der Waals surface area (Å²) >= 11 is 6.21. The molecule has 3 heterocycles. The van der Waals surface area contributed by atoms with Crippen molar-refractivity contribution in [3.63, 3.8) is 0 Å². The summed E-state index contributed by atoms with van der Waals surface area (Å²) in [6.07, 6.45) is 2.20. The Balaban J connectivity index is 1.37. The molecule has 1 aliphatic heterocycles. The first-order chi connectivity index (χ1) is 17.0. The lowest BCUT2D eigenvalue weighted by molar-refractivity contribution is 0.253. The number of nitrogens with zero attached hydrogens (tertiary/aromatic N) is 5. The molecule has 2 aromatic carbocycles. The van der Waals surface area contributed by atoms with Gasteiger partial charge in [-0.3, -0.25) is 23.8 Å². The van der Waals surface area contributed by atoms with E-state index in [4.69, 9.17) is 16.6 Å². The van der Waals surface area contributed by atoms with Gasteiger partial charge in [0.15, 0.2) is 11.2 Å². The van der Waals surface area contributed by atoms with Gasteiger partial charge in [0, 0.05) is 38.2 Å². The van der Waals surface area contributed by atoms with Gasteiger partial charge in [0.25, 0.3) is 5.56 Å². The minimum Gasteiger partial charge on any atom is -0.340 e. The van der Waals surface area contributed by atoms with Gasteiger partial charge in [-0.05, 0) is 42.6 Å². The van der Waals surface area contributed by atoms with Crippen LogP contribution in [0.25, 0.3) is 11.2 Å². The molecule has 182 valence electrons. The molecule has 0 spiro atoms. The molecule has 1 saturated heterocycles. The van der Waals surface area contributed by atoms with Crippen molar-refractivity contribution in [3.8, 4) is 0 Å². The van der Waals surface area contributed by atoms with Crippen LogP contribution >= 0.6 is 11.6 Å². The summed E-state index contributed by atoms with van der Waals surface area (Å²) in [4.78, 5) is 36.9. The predicted molar refractivity (Wildman–Crippen MR) is 140 cm³/mol. The molecule has 2 aromatic heterocycles. The maximum absolute atomic E-state index is 12.8. The molecule has 4 aromatic rings. The first-order valence-corrected chi connectivity index (χ1v) is 12.3. The zero-order valence-electron chi connectivity index (χ0n) is 19.8. The van der Waals surface area contributed by atoms with E-state index in [1.807, 2.05) is 34.9 Å². The normalized spacial score (nSPS) is 14.6. The van der Waals surface area contributed by atoms with E-state index in [-0.39, 0.29) is 0 Å². The van der Waals surface area contributed by atoms with Gasteiger partial charge in [-0.25, -0.2) is 4.79 Å². The zero-order chi connectivity index (χ0) is 24.4. The fourth-order valence-electron chi connectivity index (χ4n) is 4.76. The molecular formula is C26H29ClN6O2. The van der Waals surface area contributed by atoms with Gasteiger partial charge in [-0.15, -0.1) is 0 Å². The molecule has 0 amide bonds. The van der Waals surface area contributed by atoms with Crippen LogP contribution in [0, 0.1) is 0 Å². The summed E-state index contributed by atoms with van der Waals surface area (Å²) < 4.78 is 3.30. The monoisotopic (exact) mass is 492 g/mol. The molecule has 9 heteroatoms. The molecule has 0 saturated carbocycles. The lowest BCUT2D eigenvalue weighted by Crippen LogP contribution is -2.47. The molecule has 1 aliphatic rings. The fraction of sp³-hybridized carbons (Fsp3) is 0.346. The van der Waals surface area contributed by atoms with Crippen molar-refractivity contribution in [2.75, 3.05) is 37.6 Å². The Kier molecular flexibility index (Phi) is 6.74. The number of imidazole rings is 1. The van der Waals surface area contributed by atoms with Crippen molar-refractivity contribution >= 4 is 28.7 Å². The number of halogens is 1. The quantitative estimate of drug-likeness (QED) is 0.429. The van der Waals surface area contributed by atoms with Gasteiger partial charge in [-0.2, -0.15) is 4.98 Å². The third-order valence-corrected chi connectivity index (χ3v) is 6.89. The molecule has 0 atom stereocenters. The van der Waals surface area contributed by atoms with Crippen LogP contribution < -0.4 is 16.1 Å². The van der Waals surface area contributed by atoms with E-state index in [0.717, 1.165) is 51.1 Å². The average molecular weight is 493 g/mol. The molecule has 1 N–H and O–H groups in total. The average Bonchev–Trinajstić information content (AvgIpc) is 3.23. The minimum atomic E-state index is -0.468. The predicted octanol–water partition coefficient (Wildman–Crippen LogP) is 2.88. The molecule has 0 bridgehead atoms. The number of hydrogen-bond donors (Lipinski definition) is 1. The van der Waals surface area contributed by atoms with E-state index in [0.29, 0.717) is 28.7 Å². The van der Waals surface area contributed by atoms with Crippen molar-refractivity contribution in [3.05, 3.63) is 91.6 Å². The molecular weight excluding hydrogens is 464 g/mol. The van der Waals surface area contributed by atoms with Gasteiger partial charge in [0.2, 0.25) is 5.95 Å². The Bertz CT molecular complexity index is 1430. The lowest BCUT2D eigenvalue weighted by atomic mass is 10.1. The number of fused-ring (bicyclic) bond motifs is 1. The molecule has 0 unspecified atom stereocenters. The minimum absolute atomic E-state index is 0.390. The number of hydrogen-bond acceptors (Lipinski definition) is 5. The Labute approximate surface area is 208 Å². The first-order valence-electron chi connectivity index (χ1n) is 11.9. The third-order valence-electron chi connectivity index (χ3n) is 6.65. The lowest BCUT2D eigenvalue weighted by Gasteiger charge is -2.35. The second-order valence-corrected chi connectivity index (χ2v) is 9.47. The van der Waals surface area contributed by atoms with Crippen LogP contribution in [0.3, 0.4) is 0 Å². The third kappa shape index (κ3) is 5.04. The summed E-state index contributed by atoms with van der Waals surface area (Å²) in [5, 5.41) is 0.638. The Morgan fingerprint density at radius 2 is 1.71 bits per heavy atom. The van der Waals surface area contributed by atoms with Gasteiger partial charge < -0.3 is 4.90 Å². The van der Waals surface area contributed by atoms with Gasteiger partial charge in [0.1, 0.15) is 0 Å². The summed E-state index contributed by atoms with van der Waals surface area (Å²) in [6.45, 7) is 4.93. The molecule has 5 rings (SSSR count). The van der Waals surface area contributed by atoms with Crippen molar-refractivity contribution in [1.82, 2.24) is 24.0 Å². The van der Waals surface area contributed by atoms with E-state index in [2.05, 4.69) is 39.0 Å². The van der Waals surface area contributed by atoms with E-state index in [1.165, 1.54) is 10.1 Å². The van der Waals surface area contributed by atoms with E-state index in [9.17, 15) is 9.59 Å². The highest BCUT2D eigenvalue weighted by Crippen LogP contribution is 2.23. The molecule has 0 aliphatic carbocycles. The Morgan fingerprint density at radius 3 is 2.46 bits per heavy atom. The molecule has 8 nitrogen and oxygen atoms in total. The number of H-pyrrole nitrogens is 1. The van der Waals surface area contributed by atoms with Crippen molar-refractivity contribution in [2.45, 2.75) is 19.4 Å². The largest absolute Gasteiger partial charge is 0.340 e. The molecule has 1 fully saturated rings. The highest BCUT2D eigenvalue weighted by molar-refractivity contribution is 6.30. The highest BCUT2D eigenvalue weighted by Gasteiger charge is 2.25. The fourth-order valence-corrected chi connectivity index (χ4v) is 4.97. The number of piperazine rings is 1. The summed E-state index contributed by atoms with van der Waals surface area (Å²) in [5.74, 6) is 0.704. The van der Waals surface area contributed by atoms with Crippen molar-refractivity contribution < 1.29 is 0 Å². The van der Waals surface area contributed by atoms with Gasteiger partial charge in [-0.1, -0.05) is 54.1 Å². The summed E-state index contributed by atoms with van der Waals surface area (Å²) in [7, 11) is 1.63. The number of anilines is 1. The number of aryl methyl sites for hydroxylation is 2. The number of benzene rings is 2. The maximum atomic E-state index is 12.8. The topological polar surface area (TPSA) is 79.2 Å². The van der Waals surface area contributed by atoms with Gasteiger partial charge in [0.05, 0.1) is 6.54 Å². The number of rotatable bonds is 7. The number of aromatic amines is 1. The molecule has 0 radical (unpaired) electrons. The summed E-state index contributed by atoms with van der Waals surface area (Å²) in [5.41, 5.74) is 2.23. The van der Waals surface area contributed by atoms with Crippen LogP contribution in [0.2, 0.25) is 5.02 Å². The second-order valence-electron chi connectivity index (χ2n) is 9.04. The number of aromatic nitrogens is 4. The Hall–Kier alpha value is -3.36. The van der Waals surface area contributed by atoms with Crippen molar-refractivity contribution in [2.24, 2.45) is 7.05 Å². The highest BCUT2D eigenvalue weighted by atomic mass is 35.5. The van der Waals surface area contributed by atoms with Gasteiger partial charge >= 0.3 is 5.69 Å². The summed E-state index contributed by atoms with van der Waals surface area (Å²) in [6, 6.07) is 18.2. The van der Waals surface area contributed by atoms with E-state index in [1.54, 1.807) is 7.05 Å². The molecule has 35 heavy (non-hydrogen) atoms. The standard InChI is InChI=1S/C26H29ClN6O2/c1-30-23-22(24(34)29-26(30)35)33(18-20-9-5-11-21(27)17-20)25(28-23)32-15-13-31(14-16-32)12-6-10-19-7-3-2-4-8-19/h2-5,7-9,11,17H,6,10,12-16,18H2,1H3,(H,29,34,35). The SMILES string of the molecule is Cn1c(=O)[nH]c(=O)c2c1nc(N1CCN(CCCc3ccccc3)CC1)n2Cc1cccc(Cl)c1. The van der Waals surface area contributed by atoms with E-state index < -0.39 is 11.2 Å². The van der Waals surface area contributed by atoms with Crippen LogP contribution in [-0.4, -0.2) is 56.7 Å². The van der Waals surface area contributed by atoms with Crippen LogP contribution in [-0.2, 0) is 20.0 Å². The van der Waals surface area contributed by atoms with Crippen molar-refractivity contribution in [1.29, 1.82) is 0 Å². The Morgan fingerprint density at radius 1 is 0.971 bits per heavy atom. The van der Waals surface area contributed by atoms with Crippen LogP contribution in [0.5, 0.6) is 0 Å². The zero-order valence-corrected chi connectivity index (χ0v) is 20.5. The van der Waals surface area contributed by atoms with Crippen LogP contribution in [0.15, 0.2) is 64.2 Å². The smallest absolute Gasteiger partial charge is 0.329 e. The van der Waals surface area contributed by atoms with Crippen LogP contribution in [0.1, 0.15) is 17.5 Å². The first kappa shape index (κ1) is 23.4.